The van der Waals surface area contributed by atoms with Crippen molar-refractivity contribution in [3.05, 3.63) is 63.9 Å². The summed E-state index contributed by atoms with van der Waals surface area (Å²) >= 11 is 0. The van der Waals surface area contributed by atoms with Gasteiger partial charge in [0.05, 0.1) is 24.3 Å². The normalized spacial score (nSPS) is 22.0. The van der Waals surface area contributed by atoms with Gasteiger partial charge in [0.1, 0.15) is 5.76 Å². The highest BCUT2D eigenvalue weighted by atomic mass is 19.1. The maximum atomic E-state index is 15.3. The van der Waals surface area contributed by atoms with Crippen molar-refractivity contribution in [1.29, 1.82) is 0 Å². The topological polar surface area (TPSA) is 130 Å². The van der Waals surface area contributed by atoms with Crippen LogP contribution >= 0.6 is 0 Å². The van der Waals surface area contributed by atoms with E-state index in [2.05, 4.69) is 16.0 Å². The Morgan fingerprint density at radius 3 is 2.61 bits per heavy atom. The van der Waals surface area contributed by atoms with E-state index in [0.29, 0.717) is 23.7 Å². The average Bonchev–Trinajstić information content (AvgIpc) is 3.18. The molecule has 12 heteroatoms. The zero-order valence-corrected chi connectivity index (χ0v) is 19.8. The molecule has 0 radical (unpaired) electrons. The number of hydrogen-bond acceptors (Lipinski definition) is 6. The first-order chi connectivity index (χ1) is 18.2. The molecule has 1 atom stereocenters. The van der Waals surface area contributed by atoms with Gasteiger partial charge in [-0.15, -0.1) is 0 Å². The minimum atomic E-state index is -1.91. The molecule has 1 aliphatic carbocycles. The Labute approximate surface area is 213 Å². The number of benzene rings is 2. The Bertz CT molecular complexity index is 1610. The van der Waals surface area contributed by atoms with E-state index in [1.807, 2.05) is 0 Å². The van der Waals surface area contributed by atoms with Crippen LogP contribution < -0.4 is 20.7 Å². The molecule has 7 rings (SSSR count). The van der Waals surface area contributed by atoms with Crippen molar-refractivity contribution < 1.29 is 37.1 Å². The third-order valence-electron chi connectivity index (χ3n) is 7.51. The molecule has 194 valence electrons. The summed E-state index contributed by atoms with van der Waals surface area (Å²) in [5.41, 5.74) is -1.63. The second-order valence-corrected chi connectivity index (χ2v) is 10.1. The van der Waals surface area contributed by atoms with E-state index in [1.54, 1.807) is 12.1 Å². The number of carbonyl (C=O) groups is 4. The molecule has 2 fully saturated rings. The number of amides is 5. The molecule has 0 bridgehead atoms. The van der Waals surface area contributed by atoms with Crippen molar-refractivity contribution in [1.82, 2.24) is 20.9 Å². The number of furan rings is 1. The van der Waals surface area contributed by atoms with Crippen LogP contribution in [0.15, 0.2) is 28.7 Å². The lowest BCUT2D eigenvalue weighted by atomic mass is 9.95. The zero-order chi connectivity index (χ0) is 26.3. The highest BCUT2D eigenvalue weighted by molar-refractivity contribution is 6.09. The lowest BCUT2D eigenvalue weighted by Gasteiger charge is -2.29. The maximum Gasteiger partial charge on any atom is 0.322 e. The number of ether oxygens (including phenoxy) is 1. The zero-order valence-electron chi connectivity index (χ0n) is 19.8. The van der Waals surface area contributed by atoms with Crippen molar-refractivity contribution >= 4 is 34.7 Å². The molecule has 5 amide bonds. The van der Waals surface area contributed by atoms with E-state index >= 15 is 8.78 Å². The van der Waals surface area contributed by atoms with E-state index in [4.69, 9.17) is 9.15 Å². The van der Waals surface area contributed by atoms with Gasteiger partial charge in [0.2, 0.25) is 0 Å². The fourth-order valence-corrected chi connectivity index (χ4v) is 5.32. The van der Waals surface area contributed by atoms with Gasteiger partial charge in [0.15, 0.2) is 28.5 Å². The Morgan fingerprint density at radius 1 is 1.05 bits per heavy atom. The fourth-order valence-electron chi connectivity index (χ4n) is 5.32. The molecule has 1 unspecified atom stereocenters. The molecule has 3 aromatic rings. The number of rotatable bonds is 6. The largest absolute Gasteiger partial charge is 0.490 e. The number of hydrogen-bond donors (Lipinski definition) is 3. The van der Waals surface area contributed by atoms with Crippen LogP contribution in [0.1, 0.15) is 50.4 Å². The second-order valence-electron chi connectivity index (χ2n) is 10.1. The third kappa shape index (κ3) is 3.22. The quantitative estimate of drug-likeness (QED) is 0.427. The SMILES string of the molecule is O=C1NC(=O)C(CN2Cc3ccc(OCC4CC4)c(F)c3C2=O)(c2cc3cc4c(c(F)c3o2)C(=O)NC4)N1. The van der Waals surface area contributed by atoms with Crippen LogP contribution in [0.4, 0.5) is 13.6 Å². The van der Waals surface area contributed by atoms with E-state index in [9.17, 15) is 19.2 Å². The number of nitrogens with one attached hydrogen (secondary N) is 3. The first-order valence-electron chi connectivity index (χ1n) is 12.2. The van der Waals surface area contributed by atoms with Gasteiger partial charge in [-0.25, -0.2) is 13.6 Å². The number of imide groups is 1. The van der Waals surface area contributed by atoms with Gasteiger partial charge < -0.3 is 24.7 Å². The van der Waals surface area contributed by atoms with Crippen molar-refractivity contribution in [3.8, 4) is 5.75 Å². The van der Waals surface area contributed by atoms with Crippen LogP contribution in [0.5, 0.6) is 5.75 Å². The first kappa shape index (κ1) is 22.7. The average molecular weight is 522 g/mol. The molecule has 3 aliphatic heterocycles. The van der Waals surface area contributed by atoms with E-state index in [1.165, 1.54) is 17.0 Å². The van der Waals surface area contributed by atoms with Crippen LogP contribution in [0.3, 0.4) is 0 Å². The van der Waals surface area contributed by atoms with Crippen LogP contribution in [0, 0.1) is 17.6 Å². The standard InChI is InChI=1S/C26H20F2N4O6/c27-19-15(37-9-11-1-2-11)4-3-12-8-32(23(34)18(12)19)10-26(24(35)30-25(36)31-26)16-6-13-5-14-7-29-22(33)17(14)20(28)21(13)38-16/h3-6,11H,1-2,7-10H2,(H,29,33)(H2,30,31,35,36). The molecule has 1 saturated carbocycles. The molecule has 38 heavy (non-hydrogen) atoms. The van der Waals surface area contributed by atoms with Crippen molar-refractivity contribution in [3.63, 3.8) is 0 Å². The Morgan fingerprint density at radius 2 is 1.87 bits per heavy atom. The third-order valence-corrected chi connectivity index (χ3v) is 7.51. The fraction of sp³-hybridized carbons (Fsp3) is 0.308. The summed E-state index contributed by atoms with van der Waals surface area (Å²) in [6.07, 6.45) is 2.05. The van der Waals surface area contributed by atoms with Gasteiger partial charge in [-0.3, -0.25) is 19.7 Å². The van der Waals surface area contributed by atoms with E-state index < -0.39 is 47.5 Å². The molecule has 3 N–H and O–H groups in total. The van der Waals surface area contributed by atoms with Gasteiger partial charge in [-0.05, 0) is 48.1 Å². The molecule has 10 nitrogen and oxygen atoms in total. The predicted octanol–water partition coefficient (Wildman–Crippen LogP) is 2.43. The number of nitrogens with zero attached hydrogens (tertiary/aromatic N) is 1. The molecular formula is C26H20F2N4O6. The minimum absolute atomic E-state index is 0.0164. The summed E-state index contributed by atoms with van der Waals surface area (Å²) in [4.78, 5) is 52.0. The van der Waals surface area contributed by atoms with Crippen LogP contribution in [0.2, 0.25) is 0 Å². The van der Waals surface area contributed by atoms with Gasteiger partial charge in [-0.1, -0.05) is 6.07 Å². The van der Waals surface area contributed by atoms with Gasteiger partial charge in [-0.2, -0.15) is 0 Å². The van der Waals surface area contributed by atoms with Crippen molar-refractivity contribution in [2.24, 2.45) is 5.92 Å². The summed E-state index contributed by atoms with van der Waals surface area (Å²) in [5, 5.41) is 7.47. The summed E-state index contributed by atoms with van der Waals surface area (Å²) in [6, 6.07) is 5.21. The highest BCUT2D eigenvalue weighted by Crippen LogP contribution is 2.38. The van der Waals surface area contributed by atoms with Crippen LogP contribution in [-0.2, 0) is 23.4 Å². The summed E-state index contributed by atoms with van der Waals surface area (Å²) in [7, 11) is 0. The summed E-state index contributed by atoms with van der Waals surface area (Å²) < 4.78 is 41.8. The Balaban J connectivity index is 1.25. The monoisotopic (exact) mass is 522 g/mol. The van der Waals surface area contributed by atoms with E-state index in [0.717, 1.165) is 12.8 Å². The minimum Gasteiger partial charge on any atom is -0.490 e. The molecule has 1 aromatic heterocycles. The smallest absolute Gasteiger partial charge is 0.322 e. The molecule has 2 aromatic carbocycles. The number of carbonyl (C=O) groups excluding carboxylic acids is 4. The lowest BCUT2D eigenvalue weighted by Crippen LogP contribution is -2.52. The van der Waals surface area contributed by atoms with Gasteiger partial charge in [0.25, 0.3) is 17.7 Å². The number of halogens is 2. The molecular weight excluding hydrogens is 502 g/mol. The number of fused-ring (bicyclic) bond motifs is 3. The predicted molar refractivity (Wildman–Crippen MR) is 125 cm³/mol. The van der Waals surface area contributed by atoms with E-state index in [-0.39, 0.29) is 46.7 Å². The molecule has 4 heterocycles. The maximum absolute atomic E-state index is 15.3. The molecule has 0 spiro atoms. The Hall–Kier alpha value is -4.48. The van der Waals surface area contributed by atoms with Gasteiger partial charge >= 0.3 is 6.03 Å². The van der Waals surface area contributed by atoms with Crippen LogP contribution in [0.25, 0.3) is 11.0 Å². The number of urea groups is 1. The summed E-state index contributed by atoms with van der Waals surface area (Å²) in [5.74, 6) is -3.49. The van der Waals surface area contributed by atoms with Crippen molar-refractivity contribution in [2.75, 3.05) is 13.2 Å². The lowest BCUT2D eigenvalue weighted by molar-refractivity contribution is -0.125. The second kappa shape index (κ2) is 7.76. The summed E-state index contributed by atoms with van der Waals surface area (Å²) in [6.45, 7) is 0.0817. The van der Waals surface area contributed by atoms with Gasteiger partial charge in [0, 0.05) is 18.5 Å². The Kier molecular flexibility index (Phi) is 4.64. The van der Waals surface area contributed by atoms with Crippen LogP contribution in [-0.4, -0.2) is 41.8 Å². The molecule has 4 aliphatic rings. The highest BCUT2D eigenvalue weighted by Gasteiger charge is 2.53. The first-order valence-corrected chi connectivity index (χ1v) is 12.2. The van der Waals surface area contributed by atoms with Crippen molar-refractivity contribution in [2.45, 2.75) is 31.5 Å². The molecule has 1 saturated heterocycles.